The molecule has 6 nitrogen and oxygen atoms in total. The lowest BCUT2D eigenvalue weighted by molar-refractivity contribution is 0.190. The van der Waals surface area contributed by atoms with Crippen molar-refractivity contribution in [3.05, 3.63) is 74.9 Å². The molecule has 4 rings (SSSR count). The van der Waals surface area contributed by atoms with Crippen molar-refractivity contribution in [2.75, 3.05) is 13.7 Å². The number of hydrogen-bond donors (Lipinski definition) is 0. The topological polar surface area (TPSA) is 66.1 Å². The lowest BCUT2D eigenvalue weighted by Crippen LogP contribution is -2.29. The summed E-state index contributed by atoms with van der Waals surface area (Å²) < 4.78 is 22.7. The maximum absolute atomic E-state index is 14.6. The highest BCUT2D eigenvalue weighted by Crippen LogP contribution is 2.23. The van der Waals surface area contributed by atoms with Crippen LogP contribution in [0.15, 0.2) is 58.1 Å². The highest BCUT2D eigenvalue weighted by Gasteiger charge is 2.20. The van der Waals surface area contributed by atoms with Gasteiger partial charge < -0.3 is 9.30 Å². The number of para-hydroxylation sites is 1. The van der Waals surface area contributed by atoms with E-state index in [2.05, 4.69) is 4.98 Å². The molecule has 0 unspecified atom stereocenters. The highest BCUT2D eigenvalue weighted by atomic mass is 19.1. The smallest absolute Gasteiger partial charge is 0.267 e. The molecule has 0 bridgehead atoms. The molecule has 148 valence electrons. The van der Waals surface area contributed by atoms with E-state index in [0.29, 0.717) is 23.9 Å². The summed E-state index contributed by atoms with van der Waals surface area (Å²) >= 11 is 0. The molecule has 7 heteroatoms. The van der Waals surface area contributed by atoms with E-state index >= 15 is 0 Å². The summed E-state index contributed by atoms with van der Waals surface area (Å²) in [4.78, 5) is 31.1. The first-order chi connectivity index (χ1) is 14.0. The molecule has 2 aromatic carbocycles. The van der Waals surface area contributed by atoms with Crippen LogP contribution in [0.1, 0.15) is 6.42 Å². The molecule has 0 atom stereocenters. The van der Waals surface area contributed by atoms with Crippen molar-refractivity contribution < 1.29 is 9.13 Å². The normalized spacial score (nSPS) is 11.4. The van der Waals surface area contributed by atoms with Crippen LogP contribution in [0.5, 0.6) is 0 Å². The van der Waals surface area contributed by atoms with E-state index in [9.17, 15) is 14.0 Å². The molecule has 0 amide bonds. The quantitative estimate of drug-likeness (QED) is 0.386. The molecule has 0 saturated heterocycles. The average Bonchev–Trinajstić information content (AvgIpc) is 2.73. The number of methoxy groups -OCH3 is 1. The summed E-state index contributed by atoms with van der Waals surface area (Å²) in [6, 6.07) is 13.2. The number of benzene rings is 2. The van der Waals surface area contributed by atoms with E-state index < -0.39 is 11.4 Å². The Kier molecular flexibility index (Phi) is 4.98. The average molecular weight is 393 g/mol. The second-order valence-corrected chi connectivity index (χ2v) is 6.82. The van der Waals surface area contributed by atoms with Gasteiger partial charge in [0.15, 0.2) is 5.65 Å². The minimum atomic E-state index is -0.481. The summed E-state index contributed by atoms with van der Waals surface area (Å²) in [5, 5.41) is 0.451. The maximum atomic E-state index is 14.6. The van der Waals surface area contributed by atoms with Gasteiger partial charge >= 0.3 is 0 Å². The summed E-state index contributed by atoms with van der Waals surface area (Å²) in [7, 11) is 3.32. The number of fused-ring (bicyclic) bond motifs is 2. The van der Waals surface area contributed by atoms with Gasteiger partial charge in [-0.05, 0) is 30.7 Å². The van der Waals surface area contributed by atoms with Crippen LogP contribution in [-0.2, 0) is 18.3 Å². The Bertz CT molecular complexity index is 1340. The Morgan fingerprint density at radius 2 is 1.79 bits per heavy atom. The zero-order valence-corrected chi connectivity index (χ0v) is 16.2. The third-order valence-electron chi connectivity index (χ3n) is 5.05. The molecule has 2 aromatic heterocycles. The number of halogens is 1. The van der Waals surface area contributed by atoms with Gasteiger partial charge in [-0.25, -0.2) is 9.37 Å². The molecule has 0 N–H and O–H groups in total. The molecule has 0 aliphatic carbocycles. The largest absolute Gasteiger partial charge is 0.385 e. The predicted molar refractivity (Wildman–Crippen MR) is 111 cm³/mol. The monoisotopic (exact) mass is 393 g/mol. The zero-order chi connectivity index (χ0) is 20.5. The minimum Gasteiger partial charge on any atom is -0.385 e. The van der Waals surface area contributed by atoms with Crippen molar-refractivity contribution in [1.29, 1.82) is 0 Å². The zero-order valence-electron chi connectivity index (χ0n) is 16.2. The predicted octanol–water partition coefficient (Wildman–Crippen LogP) is 3.09. The van der Waals surface area contributed by atoms with Crippen LogP contribution in [0.3, 0.4) is 0 Å². The lowest BCUT2D eigenvalue weighted by atomic mass is 10.1. The fraction of sp³-hybridized carbons (Fsp3) is 0.227. The molecular weight excluding hydrogens is 373 g/mol. The molecule has 0 aliphatic heterocycles. The molecule has 0 spiro atoms. The van der Waals surface area contributed by atoms with E-state index in [1.807, 2.05) is 6.07 Å². The Balaban J connectivity index is 2.13. The lowest BCUT2D eigenvalue weighted by Gasteiger charge is -2.16. The molecule has 0 radical (unpaired) electrons. The number of rotatable bonds is 5. The molecular formula is C22H20FN3O3. The molecule has 0 saturated carbocycles. The summed E-state index contributed by atoms with van der Waals surface area (Å²) in [5.41, 5.74) is 0.264. The van der Waals surface area contributed by atoms with Crippen molar-refractivity contribution in [1.82, 2.24) is 14.1 Å². The third-order valence-corrected chi connectivity index (χ3v) is 5.05. The van der Waals surface area contributed by atoms with Crippen molar-refractivity contribution in [2.24, 2.45) is 7.05 Å². The second kappa shape index (κ2) is 7.60. The summed E-state index contributed by atoms with van der Waals surface area (Å²) in [6.45, 7) is 0.687. The van der Waals surface area contributed by atoms with Crippen LogP contribution in [0.25, 0.3) is 33.3 Å². The highest BCUT2D eigenvalue weighted by molar-refractivity contribution is 5.91. The summed E-state index contributed by atoms with van der Waals surface area (Å²) in [6.07, 6.45) is 0.527. The fourth-order valence-corrected chi connectivity index (χ4v) is 3.61. The number of ether oxygens (including phenoxy) is 1. The third kappa shape index (κ3) is 3.13. The van der Waals surface area contributed by atoms with Gasteiger partial charge in [-0.1, -0.05) is 24.3 Å². The Labute approximate surface area is 165 Å². The first kappa shape index (κ1) is 19.0. The number of aromatic nitrogens is 3. The van der Waals surface area contributed by atoms with Gasteiger partial charge in [0.2, 0.25) is 5.43 Å². The molecule has 4 aromatic rings. The standard InChI is InChI=1S/C22H20FN3O3/c1-25-17-11-6-4-9-15(17)19(27)18-21(25)24-20(14-8-3-5-10-16(14)23)26(22(18)28)12-7-13-29-2/h3-6,8-11H,7,12-13H2,1-2H3. The maximum Gasteiger partial charge on any atom is 0.267 e. The fourth-order valence-electron chi connectivity index (χ4n) is 3.61. The van der Waals surface area contributed by atoms with Gasteiger partial charge in [0.1, 0.15) is 17.0 Å². The number of nitrogens with zero attached hydrogens (tertiary/aromatic N) is 3. The van der Waals surface area contributed by atoms with Gasteiger partial charge in [-0.3, -0.25) is 14.2 Å². The molecule has 0 aliphatic rings. The van der Waals surface area contributed by atoms with Crippen molar-refractivity contribution in [2.45, 2.75) is 13.0 Å². The van der Waals surface area contributed by atoms with Crippen LogP contribution in [0, 0.1) is 5.82 Å². The minimum absolute atomic E-state index is 0.00343. The Hall–Kier alpha value is -3.32. The summed E-state index contributed by atoms with van der Waals surface area (Å²) in [5.74, 6) is -0.285. The molecule has 0 fully saturated rings. The molecule has 29 heavy (non-hydrogen) atoms. The van der Waals surface area contributed by atoms with E-state index in [1.54, 1.807) is 55.1 Å². The van der Waals surface area contributed by atoms with E-state index in [0.717, 1.165) is 0 Å². The first-order valence-electron chi connectivity index (χ1n) is 9.30. The van der Waals surface area contributed by atoms with Crippen LogP contribution < -0.4 is 11.0 Å². The number of aryl methyl sites for hydroxylation is 1. The van der Waals surface area contributed by atoms with Crippen molar-refractivity contribution >= 4 is 21.9 Å². The van der Waals surface area contributed by atoms with Crippen LogP contribution in [0.2, 0.25) is 0 Å². The van der Waals surface area contributed by atoms with Gasteiger partial charge in [-0.2, -0.15) is 0 Å². The number of pyridine rings is 1. The first-order valence-corrected chi connectivity index (χ1v) is 9.30. The SMILES string of the molecule is COCCCn1c(-c2ccccc2F)nc2c(c(=O)c3ccccc3n2C)c1=O. The van der Waals surface area contributed by atoms with Crippen LogP contribution in [-0.4, -0.2) is 27.8 Å². The second-order valence-electron chi connectivity index (χ2n) is 6.82. The van der Waals surface area contributed by atoms with E-state index in [4.69, 9.17) is 4.74 Å². The van der Waals surface area contributed by atoms with Gasteiger partial charge in [0, 0.05) is 32.7 Å². The van der Waals surface area contributed by atoms with Crippen LogP contribution >= 0.6 is 0 Å². The van der Waals surface area contributed by atoms with Gasteiger partial charge in [-0.15, -0.1) is 0 Å². The van der Waals surface area contributed by atoms with Gasteiger partial charge in [0.25, 0.3) is 5.56 Å². The van der Waals surface area contributed by atoms with Crippen molar-refractivity contribution in [3.63, 3.8) is 0 Å². The van der Waals surface area contributed by atoms with Gasteiger partial charge in [0.05, 0.1) is 11.1 Å². The van der Waals surface area contributed by atoms with E-state index in [-0.39, 0.29) is 34.4 Å². The number of hydrogen-bond acceptors (Lipinski definition) is 4. The Morgan fingerprint density at radius 3 is 2.55 bits per heavy atom. The van der Waals surface area contributed by atoms with E-state index in [1.165, 1.54) is 10.6 Å². The van der Waals surface area contributed by atoms with Crippen LogP contribution in [0.4, 0.5) is 4.39 Å². The van der Waals surface area contributed by atoms with Crippen molar-refractivity contribution in [3.8, 4) is 11.4 Å². The Morgan fingerprint density at radius 1 is 1.07 bits per heavy atom. The molecule has 2 heterocycles.